The van der Waals surface area contributed by atoms with Gasteiger partial charge in [0.05, 0.1) is 17.0 Å². The predicted octanol–water partition coefficient (Wildman–Crippen LogP) is 5.84. The van der Waals surface area contributed by atoms with E-state index in [0.29, 0.717) is 15.6 Å². The second-order valence-corrected chi connectivity index (χ2v) is 9.79. The Morgan fingerprint density at radius 1 is 0.909 bits per heavy atom. The van der Waals surface area contributed by atoms with Gasteiger partial charge in [0.15, 0.2) is 0 Å². The van der Waals surface area contributed by atoms with E-state index in [1.807, 2.05) is 0 Å². The number of nitrogens with zero attached hydrogens (tertiary/aromatic N) is 1. The minimum Gasteiger partial charge on any atom is -0.325 e. The predicted molar refractivity (Wildman–Crippen MR) is 121 cm³/mol. The van der Waals surface area contributed by atoms with Crippen molar-refractivity contribution in [2.45, 2.75) is 17.6 Å². The van der Waals surface area contributed by atoms with Gasteiger partial charge in [-0.15, -0.1) is 0 Å². The number of halogens is 5. The summed E-state index contributed by atoms with van der Waals surface area (Å²) < 4.78 is 66.2. The Balaban J connectivity index is 1.86. The van der Waals surface area contributed by atoms with E-state index in [9.17, 15) is 26.4 Å². The molecule has 1 N–H and O–H groups in total. The van der Waals surface area contributed by atoms with Crippen LogP contribution >= 0.6 is 23.2 Å². The highest BCUT2D eigenvalue weighted by Crippen LogP contribution is 2.30. The molecule has 3 aromatic carbocycles. The number of hydrogen-bond donors (Lipinski definition) is 1. The van der Waals surface area contributed by atoms with Gasteiger partial charge < -0.3 is 5.32 Å². The molecule has 1 amide bonds. The van der Waals surface area contributed by atoms with Crippen LogP contribution in [0.4, 0.5) is 18.9 Å². The minimum absolute atomic E-state index is 0.0901. The average Bonchev–Trinajstić information content (AvgIpc) is 2.74. The summed E-state index contributed by atoms with van der Waals surface area (Å²) in [5.74, 6) is -0.805. The van der Waals surface area contributed by atoms with Crippen molar-refractivity contribution in [3.8, 4) is 0 Å². The van der Waals surface area contributed by atoms with Crippen molar-refractivity contribution in [3.63, 3.8) is 0 Å². The number of sulfonamides is 1. The molecule has 0 aliphatic rings. The Hall–Kier alpha value is -2.59. The van der Waals surface area contributed by atoms with Crippen LogP contribution in [0, 0.1) is 0 Å². The number of hydrogen-bond acceptors (Lipinski definition) is 3. The fourth-order valence-electron chi connectivity index (χ4n) is 2.91. The van der Waals surface area contributed by atoms with Crippen LogP contribution in [0.2, 0.25) is 10.0 Å². The molecule has 0 aliphatic carbocycles. The summed E-state index contributed by atoms with van der Waals surface area (Å²) in [6.45, 7) is -0.804. The van der Waals surface area contributed by atoms with Gasteiger partial charge in [-0.1, -0.05) is 41.4 Å². The maximum absolute atomic E-state index is 13.2. The van der Waals surface area contributed by atoms with Crippen molar-refractivity contribution in [2.75, 3.05) is 11.9 Å². The third-order valence-corrected chi connectivity index (χ3v) is 6.83. The van der Waals surface area contributed by atoms with E-state index in [4.69, 9.17) is 23.2 Å². The van der Waals surface area contributed by atoms with Gasteiger partial charge in [0, 0.05) is 22.3 Å². The number of carbonyl (C=O) groups excluding carboxylic acids is 1. The highest BCUT2D eigenvalue weighted by atomic mass is 35.5. The molecule has 0 unspecified atom stereocenters. The van der Waals surface area contributed by atoms with Crippen LogP contribution in [0.1, 0.15) is 11.1 Å². The van der Waals surface area contributed by atoms with Gasteiger partial charge in [0.2, 0.25) is 15.9 Å². The molecule has 0 saturated heterocycles. The van der Waals surface area contributed by atoms with E-state index < -0.39 is 34.2 Å². The van der Waals surface area contributed by atoms with Crippen LogP contribution in [0.15, 0.2) is 77.7 Å². The molecule has 0 fully saturated rings. The molecular formula is C22H17Cl2F3N2O3S. The second-order valence-electron chi connectivity index (χ2n) is 6.98. The average molecular weight is 517 g/mol. The first-order valence-electron chi connectivity index (χ1n) is 9.42. The quantitative estimate of drug-likeness (QED) is 0.428. The van der Waals surface area contributed by atoms with E-state index in [0.717, 1.165) is 22.5 Å². The maximum Gasteiger partial charge on any atom is 0.416 e. The lowest BCUT2D eigenvalue weighted by Gasteiger charge is -2.22. The second kappa shape index (κ2) is 10.1. The first-order chi connectivity index (χ1) is 15.4. The van der Waals surface area contributed by atoms with Gasteiger partial charge in [-0.25, -0.2) is 8.42 Å². The topological polar surface area (TPSA) is 66.5 Å². The summed E-state index contributed by atoms with van der Waals surface area (Å²) in [6, 6.07) is 15.8. The van der Waals surface area contributed by atoms with Gasteiger partial charge in [-0.3, -0.25) is 4.79 Å². The fraction of sp³-hybridized carbons (Fsp3) is 0.136. The summed E-state index contributed by atoms with van der Waals surface area (Å²) in [6.07, 6.45) is -4.58. The lowest BCUT2D eigenvalue weighted by Crippen LogP contribution is -2.37. The van der Waals surface area contributed by atoms with Crippen LogP contribution in [-0.2, 0) is 27.5 Å². The normalized spacial score (nSPS) is 12.1. The van der Waals surface area contributed by atoms with Gasteiger partial charge in [0.1, 0.15) is 0 Å². The minimum atomic E-state index is -4.58. The van der Waals surface area contributed by atoms with E-state index >= 15 is 0 Å². The Morgan fingerprint density at radius 3 is 2.06 bits per heavy atom. The molecule has 11 heteroatoms. The Morgan fingerprint density at radius 2 is 1.48 bits per heavy atom. The standard InChI is InChI=1S/C22H17Cl2F3N2O3S/c23-17-6-4-15(5-7-17)13-29(33(31,32)20-10-8-18(24)9-11-20)14-21(30)28-19-3-1-2-16(12-19)22(25,26)27/h1-12H,13-14H2,(H,28,30). The molecule has 5 nitrogen and oxygen atoms in total. The number of amides is 1. The zero-order valence-corrected chi connectivity index (χ0v) is 19.1. The summed E-state index contributed by atoms with van der Waals surface area (Å²) in [7, 11) is -4.14. The van der Waals surface area contributed by atoms with E-state index in [1.165, 1.54) is 30.3 Å². The lowest BCUT2D eigenvalue weighted by atomic mass is 10.2. The summed E-state index contributed by atoms with van der Waals surface area (Å²) >= 11 is 11.7. The Labute approximate surface area is 198 Å². The number of anilines is 1. The molecule has 0 saturated carbocycles. The molecule has 0 radical (unpaired) electrons. The van der Waals surface area contributed by atoms with Gasteiger partial charge >= 0.3 is 6.18 Å². The summed E-state index contributed by atoms with van der Waals surface area (Å²) in [4.78, 5) is 12.5. The highest BCUT2D eigenvalue weighted by Gasteiger charge is 2.31. The first-order valence-corrected chi connectivity index (χ1v) is 11.6. The monoisotopic (exact) mass is 516 g/mol. The highest BCUT2D eigenvalue weighted by molar-refractivity contribution is 7.89. The first kappa shape index (κ1) is 25.0. The Kier molecular flexibility index (Phi) is 7.69. The van der Waals surface area contributed by atoms with E-state index in [2.05, 4.69) is 5.32 Å². The van der Waals surface area contributed by atoms with E-state index in [-0.39, 0.29) is 17.1 Å². The summed E-state index contributed by atoms with van der Waals surface area (Å²) in [5, 5.41) is 3.11. The molecule has 0 heterocycles. The SMILES string of the molecule is O=C(CN(Cc1ccc(Cl)cc1)S(=O)(=O)c1ccc(Cl)cc1)Nc1cccc(C(F)(F)F)c1. The molecule has 3 aromatic rings. The van der Waals surface area contributed by atoms with Crippen LogP contribution in [0.3, 0.4) is 0 Å². The van der Waals surface area contributed by atoms with Crippen LogP contribution in [0.25, 0.3) is 0 Å². The van der Waals surface area contributed by atoms with Crippen molar-refractivity contribution in [1.29, 1.82) is 0 Å². The molecule has 0 spiro atoms. The number of benzene rings is 3. The fourth-order valence-corrected chi connectivity index (χ4v) is 4.55. The summed E-state index contributed by atoms with van der Waals surface area (Å²) in [5.41, 5.74) is -0.485. The van der Waals surface area contributed by atoms with Crippen molar-refractivity contribution < 1.29 is 26.4 Å². The van der Waals surface area contributed by atoms with Gasteiger partial charge in [0.25, 0.3) is 0 Å². The number of carbonyl (C=O) groups is 1. The smallest absolute Gasteiger partial charge is 0.325 e. The van der Waals surface area contributed by atoms with E-state index in [1.54, 1.807) is 24.3 Å². The van der Waals surface area contributed by atoms with Crippen molar-refractivity contribution >= 4 is 44.8 Å². The number of nitrogens with one attached hydrogen (secondary N) is 1. The lowest BCUT2D eigenvalue weighted by molar-refractivity contribution is -0.137. The molecule has 3 rings (SSSR count). The third kappa shape index (κ3) is 6.70. The number of alkyl halides is 3. The molecule has 174 valence electrons. The zero-order chi connectivity index (χ0) is 24.2. The molecule has 33 heavy (non-hydrogen) atoms. The van der Waals surface area contributed by atoms with Gasteiger partial charge in [-0.2, -0.15) is 17.5 Å². The van der Waals surface area contributed by atoms with Crippen molar-refractivity contribution in [1.82, 2.24) is 4.31 Å². The van der Waals surface area contributed by atoms with Crippen LogP contribution in [-0.4, -0.2) is 25.2 Å². The zero-order valence-electron chi connectivity index (χ0n) is 16.8. The molecule has 0 aromatic heterocycles. The molecule has 0 bridgehead atoms. The molecule has 0 atom stereocenters. The maximum atomic E-state index is 13.2. The molecular weight excluding hydrogens is 500 g/mol. The molecule has 0 aliphatic heterocycles. The van der Waals surface area contributed by atoms with Crippen LogP contribution < -0.4 is 5.32 Å². The number of rotatable bonds is 7. The Bertz CT molecular complexity index is 1230. The van der Waals surface area contributed by atoms with Gasteiger partial charge in [-0.05, 0) is 60.2 Å². The van der Waals surface area contributed by atoms with Crippen molar-refractivity contribution in [2.24, 2.45) is 0 Å². The largest absolute Gasteiger partial charge is 0.416 e. The van der Waals surface area contributed by atoms with Crippen molar-refractivity contribution in [3.05, 3.63) is 94.0 Å². The third-order valence-electron chi connectivity index (χ3n) is 4.52. The van der Waals surface area contributed by atoms with Crippen LogP contribution in [0.5, 0.6) is 0 Å².